The molecule has 0 saturated carbocycles. The smallest absolute Gasteiger partial charge is 0.550 e. The van der Waals surface area contributed by atoms with Crippen LogP contribution in [0.2, 0.25) is 0 Å². The summed E-state index contributed by atoms with van der Waals surface area (Å²) >= 11 is 0. The molecule has 0 unspecified atom stereocenters. The number of carboxylic acids is 3. The Balaban J connectivity index is -0.0000000450. The monoisotopic (exact) mass is 188 g/mol. The molecule has 0 bridgehead atoms. The van der Waals surface area contributed by atoms with E-state index in [0.29, 0.717) is 0 Å². The summed E-state index contributed by atoms with van der Waals surface area (Å²) in [5.41, 5.74) is 0. The van der Waals surface area contributed by atoms with Crippen LogP contribution >= 0.6 is 0 Å². The van der Waals surface area contributed by atoms with Crippen LogP contribution in [0.4, 0.5) is 0 Å². The van der Waals surface area contributed by atoms with Crippen LogP contribution in [0.3, 0.4) is 0 Å². The number of rotatable bonds is 0. The summed E-state index contributed by atoms with van der Waals surface area (Å²) in [4.78, 5) is 26.7. The third-order valence-electron chi connectivity index (χ3n) is 0. The Morgan fingerprint density at radius 3 is 0.692 bits per heavy atom. The molecular formula is C6H9BO6. The zero-order valence-corrected chi connectivity index (χ0v) is 7.53. The molecule has 0 heterocycles. The fourth-order valence-electron chi connectivity index (χ4n) is 0. The minimum absolute atomic E-state index is 0. The van der Waals surface area contributed by atoms with Gasteiger partial charge in [-0.15, -0.1) is 0 Å². The molecule has 6 nitrogen and oxygen atoms in total. The summed E-state index contributed by atoms with van der Waals surface area (Å²) in [5.74, 6) is -3.25. The van der Waals surface area contributed by atoms with Gasteiger partial charge in [0.2, 0.25) is 0 Å². The maximum atomic E-state index is 8.89. The van der Waals surface area contributed by atoms with Crippen LogP contribution < -0.4 is 15.3 Å². The first-order valence-corrected chi connectivity index (χ1v) is 2.72. The predicted molar refractivity (Wildman–Crippen MR) is 37.8 cm³/mol. The SMILES string of the molecule is CC(=O)[O-].CC(=O)[O-].CC(=O)[O-].[B+3]. The van der Waals surface area contributed by atoms with E-state index in [0.717, 1.165) is 20.8 Å². The number of carbonyl (C=O) groups is 3. The van der Waals surface area contributed by atoms with Crippen LogP contribution in [-0.4, -0.2) is 26.3 Å². The summed E-state index contributed by atoms with van der Waals surface area (Å²) in [7, 11) is 0. The molecule has 0 aromatic carbocycles. The van der Waals surface area contributed by atoms with E-state index in [4.69, 9.17) is 29.7 Å². The largest absolute Gasteiger partial charge is 3.00 e. The molecule has 0 spiro atoms. The van der Waals surface area contributed by atoms with Gasteiger partial charge in [-0.05, 0) is 20.8 Å². The maximum Gasteiger partial charge on any atom is 3.00 e. The normalized spacial score (nSPS) is 5.77. The second-order valence-electron chi connectivity index (χ2n) is 1.47. The van der Waals surface area contributed by atoms with E-state index in [9.17, 15) is 0 Å². The van der Waals surface area contributed by atoms with Gasteiger partial charge in [-0.3, -0.25) is 0 Å². The molecular weight excluding hydrogens is 179 g/mol. The van der Waals surface area contributed by atoms with Crippen LogP contribution in [0.5, 0.6) is 0 Å². The second-order valence-corrected chi connectivity index (χ2v) is 1.47. The standard InChI is InChI=1S/3C2H4O2.B/c3*1-2(3)4;/h3*1H3,(H,3,4);/q;;;+3/p-3. The number of aliphatic carboxylic acids is 3. The van der Waals surface area contributed by atoms with Crippen molar-refractivity contribution >= 4 is 26.3 Å². The van der Waals surface area contributed by atoms with E-state index in [2.05, 4.69) is 0 Å². The molecule has 0 fully saturated rings. The van der Waals surface area contributed by atoms with Crippen molar-refractivity contribution in [1.82, 2.24) is 0 Å². The van der Waals surface area contributed by atoms with Crippen molar-refractivity contribution in [3.63, 3.8) is 0 Å². The van der Waals surface area contributed by atoms with Crippen molar-refractivity contribution in [3.05, 3.63) is 0 Å². The minimum atomic E-state index is -1.08. The maximum absolute atomic E-state index is 8.89. The van der Waals surface area contributed by atoms with Gasteiger partial charge in [0.25, 0.3) is 0 Å². The molecule has 0 aromatic heterocycles. The Labute approximate surface area is 77.8 Å². The molecule has 7 heteroatoms. The molecule has 0 aliphatic rings. The number of carboxylic acid groups (broad SMARTS) is 3. The Morgan fingerprint density at radius 1 is 0.692 bits per heavy atom. The zero-order valence-electron chi connectivity index (χ0n) is 7.53. The second kappa shape index (κ2) is 16.8. The Hall–Kier alpha value is -1.53. The van der Waals surface area contributed by atoms with Gasteiger partial charge in [0.15, 0.2) is 0 Å². The summed E-state index contributed by atoms with van der Waals surface area (Å²) in [6.07, 6.45) is 0. The third-order valence-corrected chi connectivity index (χ3v) is 0. The van der Waals surface area contributed by atoms with Crippen LogP contribution in [-0.2, 0) is 14.4 Å². The molecule has 0 N–H and O–H groups in total. The quantitative estimate of drug-likeness (QED) is 0.356. The fourth-order valence-corrected chi connectivity index (χ4v) is 0. The number of hydrogen-bond acceptors (Lipinski definition) is 6. The van der Waals surface area contributed by atoms with E-state index in [1.165, 1.54) is 0 Å². The summed E-state index contributed by atoms with van der Waals surface area (Å²) in [6.45, 7) is 2.92. The van der Waals surface area contributed by atoms with Gasteiger partial charge in [0.05, 0.1) is 0 Å². The molecule has 13 heavy (non-hydrogen) atoms. The van der Waals surface area contributed by atoms with Gasteiger partial charge in [0, 0.05) is 17.9 Å². The summed E-state index contributed by atoms with van der Waals surface area (Å²) < 4.78 is 0. The Bertz CT molecular complexity index is 115. The first-order valence-electron chi connectivity index (χ1n) is 2.72. The fraction of sp³-hybridized carbons (Fsp3) is 0.500. The van der Waals surface area contributed by atoms with E-state index in [1.807, 2.05) is 0 Å². The van der Waals surface area contributed by atoms with Gasteiger partial charge in [-0.25, -0.2) is 0 Å². The Morgan fingerprint density at radius 2 is 0.692 bits per heavy atom. The van der Waals surface area contributed by atoms with Crippen LogP contribution in [0, 0.1) is 0 Å². The minimum Gasteiger partial charge on any atom is -0.550 e. The first kappa shape index (κ1) is 22.5. The zero-order chi connectivity index (χ0) is 10.7. The van der Waals surface area contributed by atoms with Gasteiger partial charge in [-0.2, -0.15) is 0 Å². The van der Waals surface area contributed by atoms with Gasteiger partial charge in [0.1, 0.15) is 0 Å². The third kappa shape index (κ3) is 323. The molecule has 72 valence electrons. The van der Waals surface area contributed by atoms with Crippen LogP contribution in [0.1, 0.15) is 20.8 Å². The summed E-state index contributed by atoms with van der Waals surface area (Å²) in [6, 6.07) is 0. The number of carbonyl (C=O) groups excluding carboxylic acids is 3. The molecule has 0 aromatic rings. The van der Waals surface area contributed by atoms with Crippen molar-refractivity contribution in [2.75, 3.05) is 0 Å². The average molecular weight is 188 g/mol. The van der Waals surface area contributed by atoms with Gasteiger partial charge in [-0.1, -0.05) is 0 Å². The van der Waals surface area contributed by atoms with Gasteiger partial charge >= 0.3 is 8.41 Å². The summed E-state index contributed by atoms with van der Waals surface area (Å²) in [5, 5.41) is 26.7. The van der Waals surface area contributed by atoms with E-state index >= 15 is 0 Å². The first-order chi connectivity index (χ1) is 5.20. The Kier molecular flexibility index (Phi) is 29.2. The van der Waals surface area contributed by atoms with Crippen molar-refractivity contribution in [1.29, 1.82) is 0 Å². The molecule has 0 aliphatic heterocycles. The van der Waals surface area contributed by atoms with Gasteiger partial charge < -0.3 is 29.7 Å². The average Bonchev–Trinajstić information content (AvgIpc) is 1.54. The molecule has 0 rings (SSSR count). The van der Waals surface area contributed by atoms with E-state index in [-0.39, 0.29) is 8.41 Å². The molecule has 0 amide bonds. The topological polar surface area (TPSA) is 120 Å². The van der Waals surface area contributed by atoms with E-state index < -0.39 is 17.9 Å². The van der Waals surface area contributed by atoms with Crippen molar-refractivity contribution in [3.8, 4) is 0 Å². The molecule has 0 aliphatic carbocycles. The van der Waals surface area contributed by atoms with Crippen molar-refractivity contribution < 1.29 is 29.7 Å². The predicted octanol–water partition coefficient (Wildman–Crippen LogP) is -4.11. The number of hydrogen-bond donors (Lipinski definition) is 0. The molecule has 0 atom stereocenters. The van der Waals surface area contributed by atoms with Crippen molar-refractivity contribution in [2.45, 2.75) is 20.8 Å². The molecule has 0 saturated heterocycles. The van der Waals surface area contributed by atoms with Crippen LogP contribution in [0.15, 0.2) is 0 Å². The van der Waals surface area contributed by atoms with Crippen LogP contribution in [0.25, 0.3) is 0 Å². The molecule has 0 radical (unpaired) electrons. The van der Waals surface area contributed by atoms with E-state index in [1.54, 1.807) is 0 Å². The van der Waals surface area contributed by atoms with Crippen molar-refractivity contribution in [2.24, 2.45) is 0 Å².